The number of fused-ring (bicyclic) bond motifs is 1. The lowest BCUT2D eigenvalue weighted by molar-refractivity contribution is 0.0806. The summed E-state index contributed by atoms with van der Waals surface area (Å²) in [5, 5.41) is 16.3. The first-order chi connectivity index (χ1) is 14.0. The maximum absolute atomic E-state index is 10.8. The topological polar surface area (TPSA) is 67.6 Å². The Morgan fingerprint density at radius 2 is 1.93 bits per heavy atom. The molecule has 0 aliphatic carbocycles. The van der Waals surface area contributed by atoms with Gasteiger partial charge in [0.2, 0.25) is 0 Å². The number of hydrogen-bond acceptors (Lipinski definition) is 5. The van der Waals surface area contributed by atoms with E-state index in [-0.39, 0.29) is 0 Å². The Labute approximate surface area is 170 Å². The second kappa shape index (κ2) is 8.27. The van der Waals surface area contributed by atoms with Gasteiger partial charge in [0.25, 0.3) is 0 Å². The van der Waals surface area contributed by atoms with Crippen molar-refractivity contribution in [3.63, 3.8) is 0 Å². The Morgan fingerprint density at radius 3 is 2.62 bits per heavy atom. The summed E-state index contributed by atoms with van der Waals surface area (Å²) < 4.78 is 13.5. The Kier molecular flexibility index (Phi) is 5.56. The fourth-order valence-electron chi connectivity index (χ4n) is 3.80. The maximum atomic E-state index is 10.8. The summed E-state index contributed by atoms with van der Waals surface area (Å²) in [5.74, 6) is 1.77. The van der Waals surface area contributed by atoms with Crippen LogP contribution in [0.25, 0.3) is 11.0 Å². The molecule has 0 radical (unpaired) electrons. The molecule has 0 spiro atoms. The minimum Gasteiger partial charge on any atom is -0.468 e. The first-order valence-electron chi connectivity index (χ1n) is 9.90. The van der Waals surface area contributed by atoms with Crippen LogP contribution in [0.1, 0.15) is 28.5 Å². The molecule has 3 heterocycles. The number of rotatable bonds is 8. The van der Waals surface area contributed by atoms with Crippen molar-refractivity contribution >= 4 is 11.0 Å². The number of aryl methyl sites for hydroxylation is 3. The summed E-state index contributed by atoms with van der Waals surface area (Å²) in [5.41, 5.74) is 4.03. The molecule has 1 atom stereocenters. The van der Waals surface area contributed by atoms with Crippen molar-refractivity contribution in [1.29, 1.82) is 0 Å². The molecule has 0 amide bonds. The van der Waals surface area contributed by atoms with Crippen LogP contribution in [0.4, 0.5) is 0 Å². The summed E-state index contributed by atoms with van der Waals surface area (Å²) in [7, 11) is 0. The van der Waals surface area contributed by atoms with Gasteiger partial charge in [0.15, 0.2) is 0 Å². The maximum Gasteiger partial charge on any atom is 0.134 e. The van der Waals surface area contributed by atoms with Crippen molar-refractivity contribution in [2.75, 3.05) is 6.54 Å². The Morgan fingerprint density at radius 1 is 1.10 bits per heavy atom. The van der Waals surface area contributed by atoms with Crippen LogP contribution in [-0.2, 0) is 19.6 Å². The van der Waals surface area contributed by atoms with Gasteiger partial charge in [-0.25, -0.2) is 0 Å². The number of aliphatic hydroxyl groups is 1. The van der Waals surface area contributed by atoms with Crippen molar-refractivity contribution in [2.24, 2.45) is 0 Å². The average molecular weight is 393 g/mol. The van der Waals surface area contributed by atoms with Crippen LogP contribution >= 0.6 is 0 Å². The molecule has 4 aromatic rings. The molecule has 0 aliphatic rings. The Hall–Kier alpha value is -2.83. The van der Waals surface area contributed by atoms with Gasteiger partial charge < -0.3 is 13.9 Å². The van der Waals surface area contributed by atoms with Crippen LogP contribution in [-0.4, -0.2) is 32.4 Å². The Bertz CT molecular complexity index is 1080. The fraction of sp³-hybridized carbons (Fsp3) is 0.348. The zero-order valence-corrected chi connectivity index (χ0v) is 17.1. The van der Waals surface area contributed by atoms with E-state index < -0.39 is 6.10 Å². The molecule has 0 unspecified atom stereocenters. The van der Waals surface area contributed by atoms with Crippen molar-refractivity contribution in [3.8, 4) is 0 Å². The predicted octanol–water partition coefficient (Wildman–Crippen LogP) is 4.21. The second-order valence-corrected chi connectivity index (χ2v) is 7.66. The van der Waals surface area contributed by atoms with Crippen LogP contribution in [0.2, 0.25) is 0 Å². The summed E-state index contributed by atoms with van der Waals surface area (Å²) >= 11 is 0. The third kappa shape index (κ3) is 4.44. The van der Waals surface area contributed by atoms with Crippen molar-refractivity contribution in [3.05, 3.63) is 77.2 Å². The molecule has 1 aromatic carbocycles. The van der Waals surface area contributed by atoms with Gasteiger partial charge in [-0.3, -0.25) is 9.58 Å². The Balaban J connectivity index is 1.52. The van der Waals surface area contributed by atoms with Gasteiger partial charge in [-0.2, -0.15) is 5.10 Å². The molecule has 152 valence electrons. The van der Waals surface area contributed by atoms with Crippen molar-refractivity contribution in [1.82, 2.24) is 14.7 Å². The normalized spacial score (nSPS) is 12.9. The average Bonchev–Trinajstić information content (AvgIpc) is 3.37. The van der Waals surface area contributed by atoms with E-state index in [1.807, 2.05) is 54.9 Å². The number of aromatic nitrogens is 2. The molecule has 6 nitrogen and oxygen atoms in total. The number of hydrogen-bond donors (Lipinski definition) is 1. The molecule has 0 fully saturated rings. The lowest BCUT2D eigenvalue weighted by Gasteiger charge is -2.24. The van der Waals surface area contributed by atoms with Gasteiger partial charge in [-0.1, -0.05) is 18.2 Å². The van der Waals surface area contributed by atoms with Gasteiger partial charge in [0.05, 0.1) is 37.7 Å². The summed E-state index contributed by atoms with van der Waals surface area (Å²) in [6, 6.07) is 13.9. The first kappa shape index (κ1) is 19.5. The van der Waals surface area contributed by atoms with Gasteiger partial charge in [-0.05, 0) is 50.6 Å². The number of nitrogens with zero attached hydrogens (tertiary/aromatic N) is 3. The summed E-state index contributed by atoms with van der Waals surface area (Å²) in [4.78, 5) is 2.15. The van der Waals surface area contributed by atoms with Gasteiger partial charge >= 0.3 is 0 Å². The SMILES string of the molecule is Cc1cc(C)n(C[C@H](O)CN(Cc2ccco2)Cc2oc3ccccc3c2C)n1. The molecule has 0 aliphatic heterocycles. The van der Waals surface area contributed by atoms with Gasteiger partial charge in [0.1, 0.15) is 17.1 Å². The minimum atomic E-state index is -0.562. The van der Waals surface area contributed by atoms with E-state index >= 15 is 0 Å². The smallest absolute Gasteiger partial charge is 0.134 e. The minimum absolute atomic E-state index is 0.452. The van der Waals surface area contributed by atoms with Gasteiger partial charge in [-0.15, -0.1) is 0 Å². The second-order valence-electron chi connectivity index (χ2n) is 7.66. The molecule has 29 heavy (non-hydrogen) atoms. The molecule has 3 aromatic heterocycles. The van der Waals surface area contributed by atoms with Crippen molar-refractivity contribution < 1.29 is 13.9 Å². The molecular weight excluding hydrogens is 366 g/mol. The van der Waals surface area contributed by atoms with Gasteiger partial charge in [0, 0.05) is 17.6 Å². The van der Waals surface area contributed by atoms with Crippen LogP contribution < -0.4 is 0 Å². The number of benzene rings is 1. The molecule has 6 heteroatoms. The molecule has 0 saturated carbocycles. The largest absolute Gasteiger partial charge is 0.468 e. The monoisotopic (exact) mass is 393 g/mol. The molecule has 1 N–H and O–H groups in total. The standard InChI is InChI=1S/C23H27N3O3/c1-16-11-17(2)26(24-16)13-19(27)12-25(14-20-7-6-10-28-20)15-23-18(3)21-8-4-5-9-22(21)29-23/h4-11,19,27H,12-15H2,1-3H3/t19-/m1/s1. The highest BCUT2D eigenvalue weighted by Gasteiger charge is 2.19. The van der Waals surface area contributed by atoms with E-state index in [4.69, 9.17) is 8.83 Å². The quantitative estimate of drug-likeness (QED) is 0.486. The lowest BCUT2D eigenvalue weighted by Crippen LogP contribution is -2.34. The van der Waals surface area contributed by atoms with Crippen LogP contribution in [0.3, 0.4) is 0 Å². The van der Waals surface area contributed by atoms with E-state index in [1.165, 1.54) is 0 Å². The highest BCUT2D eigenvalue weighted by Crippen LogP contribution is 2.26. The third-order valence-electron chi connectivity index (χ3n) is 5.23. The number of aliphatic hydroxyl groups excluding tert-OH is 1. The fourth-order valence-corrected chi connectivity index (χ4v) is 3.80. The van der Waals surface area contributed by atoms with E-state index in [1.54, 1.807) is 6.26 Å². The van der Waals surface area contributed by atoms with Crippen molar-refractivity contribution in [2.45, 2.75) is 46.5 Å². The molecular formula is C23H27N3O3. The summed E-state index contributed by atoms with van der Waals surface area (Å²) in [6.07, 6.45) is 1.11. The van der Waals surface area contributed by atoms with E-state index in [2.05, 4.69) is 23.0 Å². The zero-order chi connectivity index (χ0) is 20.4. The van der Waals surface area contributed by atoms with Crippen LogP contribution in [0.5, 0.6) is 0 Å². The third-order valence-corrected chi connectivity index (χ3v) is 5.23. The van der Waals surface area contributed by atoms with E-state index in [9.17, 15) is 5.11 Å². The molecule has 4 rings (SSSR count). The summed E-state index contributed by atoms with van der Waals surface area (Å²) in [6.45, 7) is 8.17. The van der Waals surface area contributed by atoms with E-state index in [0.29, 0.717) is 26.2 Å². The first-order valence-corrected chi connectivity index (χ1v) is 9.90. The highest BCUT2D eigenvalue weighted by atomic mass is 16.3. The van der Waals surface area contributed by atoms with Crippen LogP contribution in [0.15, 0.2) is 57.6 Å². The number of furan rings is 2. The molecule has 0 bridgehead atoms. The van der Waals surface area contributed by atoms with E-state index in [0.717, 1.165) is 39.4 Å². The number of para-hydroxylation sites is 1. The predicted molar refractivity (Wildman–Crippen MR) is 111 cm³/mol. The highest BCUT2D eigenvalue weighted by molar-refractivity contribution is 5.81. The molecule has 0 saturated heterocycles. The zero-order valence-electron chi connectivity index (χ0n) is 17.1. The van der Waals surface area contributed by atoms with Crippen LogP contribution in [0, 0.1) is 20.8 Å². The lowest BCUT2D eigenvalue weighted by atomic mass is 10.1.